The van der Waals surface area contributed by atoms with Gasteiger partial charge in [0.05, 0.1) is 12.8 Å². The van der Waals surface area contributed by atoms with Gasteiger partial charge in [-0.15, -0.1) is 18.3 Å². The first-order chi connectivity index (χ1) is 10.6. The molecule has 1 amide bonds. The van der Waals surface area contributed by atoms with E-state index < -0.39 is 0 Å². The van der Waals surface area contributed by atoms with Gasteiger partial charge in [-0.25, -0.2) is 4.79 Å². The van der Waals surface area contributed by atoms with Crippen molar-refractivity contribution in [3.8, 4) is 5.75 Å². The molecular weight excluding hydrogens is 300 g/mol. The second-order valence-corrected chi connectivity index (χ2v) is 5.28. The average Bonchev–Trinajstić information content (AvgIpc) is 2.55. The number of benzene rings is 1. The van der Waals surface area contributed by atoms with Gasteiger partial charge in [-0.3, -0.25) is 10.1 Å². The molecule has 0 radical (unpaired) electrons. The molecule has 6 heteroatoms. The summed E-state index contributed by atoms with van der Waals surface area (Å²) in [6.45, 7) is 4.08. The van der Waals surface area contributed by atoms with E-state index in [4.69, 9.17) is 4.74 Å². The third-order valence-electron chi connectivity index (χ3n) is 3.16. The second-order valence-electron chi connectivity index (χ2n) is 4.43. The van der Waals surface area contributed by atoms with Gasteiger partial charge >= 0.3 is 0 Å². The highest BCUT2D eigenvalue weighted by Gasteiger charge is 2.25. The molecule has 0 aliphatic carbocycles. The van der Waals surface area contributed by atoms with Gasteiger partial charge in [-0.1, -0.05) is 6.08 Å². The molecule has 5 nitrogen and oxygen atoms in total. The summed E-state index contributed by atoms with van der Waals surface area (Å²) in [7, 11) is 1.60. The van der Waals surface area contributed by atoms with E-state index in [1.165, 1.54) is 17.8 Å². The van der Waals surface area contributed by atoms with Crippen LogP contribution in [0.3, 0.4) is 0 Å². The standard InChI is InChI=1S/C16H16N2O3S/c1-4-7-18-13(9-16(20)17-15(18)10-19)12-6-5-11(21-2)8-14(12)22-3/h4-6,8-9H,1,7H2,2-3H3,(H,17,20). The number of nitrogens with zero attached hydrogens (tertiary/aromatic N) is 1. The summed E-state index contributed by atoms with van der Waals surface area (Å²) in [5.41, 5.74) is 1.48. The molecule has 0 aromatic heterocycles. The van der Waals surface area contributed by atoms with Gasteiger partial charge in [-0.05, 0) is 24.5 Å². The summed E-state index contributed by atoms with van der Waals surface area (Å²) in [5, 5.41) is 2.49. The van der Waals surface area contributed by atoms with Crippen LogP contribution >= 0.6 is 11.8 Å². The first kappa shape index (κ1) is 15.9. The van der Waals surface area contributed by atoms with Gasteiger partial charge in [0, 0.05) is 23.1 Å². The molecule has 0 atom stereocenters. The minimum atomic E-state index is -0.350. The second kappa shape index (κ2) is 7.02. The molecule has 0 spiro atoms. The Morgan fingerprint density at radius 1 is 1.50 bits per heavy atom. The van der Waals surface area contributed by atoms with Crippen LogP contribution in [0.2, 0.25) is 0 Å². The van der Waals surface area contributed by atoms with Crippen LogP contribution in [0.25, 0.3) is 5.70 Å². The Morgan fingerprint density at radius 2 is 2.27 bits per heavy atom. The van der Waals surface area contributed by atoms with E-state index in [9.17, 15) is 9.59 Å². The zero-order valence-electron chi connectivity index (χ0n) is 12.4. The molecule has 0 unspecified atom stereocenters. The smallest absolute Gasteiger partial charge is 0.252 e. The number of methoxy groups -OCH3 is 1. The van der Waals surface area contributed by atoms with Crippen LogP contribution in [0.1, 0.15) is 5.56 Å². The minimum Gasteiger partial charge on any atom is -0.497 e. The molecule has 114 valence electrons. The van der Waals surface area contributed by atoms with Gasteiger partial charge < -0.3 is 9.64 Å². The van der Waals surface area contributed by atoms with Crippen LogP contribution in [0, 0.1) is 0 Å². The Hall–Kier alpha value is -2.43. The molecule has 0 saturated carbocycles. The number of amides is 1. The van der Waals surface area contributed by atoms with E-state index >= 15 is 0 Å². The monoisotopic (exact) mass is 316 g/mol. The van der Waals surface area contributed by atoms with Crippen molar-refractivity contribution in [2.24, 2.45) is 0 Å². The van der Waals surface area contributed by atoms with Gasteiger partial charge in [0.15, 0.2) is 5.94 Å². The molecule has 1 aromatic carbocycles. The predicted molar refractivity (Wildman–Crippen MR) is 87.0 cm³/mol. The molecule has 1 heterocycles. The summed E-state index contributed by atoms with van der Waals surface area (Å²) in [5.74, 6) is 2.24. The van der Waals surface area contributed by atoms with Gasteiger partial charge in [0.1, 0.15) is 5.75 Å². The van der Waals surface area contributed by atoms with Crippen molar-refractivity contribution in [1.29, 1.82) is 0 Å². The highest BCUT2D eigenvalue weighted by atomic mass is 32.2. The Balaban J connectivity index is 2.58. The van der Waals surface area contributed by atoms with Crippen LogP contribution in [0.5, 0.6) is 5.75 Å². The largest absolute Gasteiger partial charge is 0.497 e. The summed E-state index contributed by atoms with van der Waals surface area (Å²) in [6.07, 6.45) is 5.06. The zero-order chi connectivity index (χ0) is 16.1. The van der Waals surface area contributed by atoms with Crippen LogP contribution in [0.15, 0.2) is 47.6 Å². The van der Waals surface area contributed by atoms with Crippen molar-refractivity contribution in [2.45, 2.75) is 4.90 Å². The van der Waals surface area contributed by atoms with Crippen molar-refractivity contribution >= 4 is 29.3 Å². The van der Waals surface area contributed by atoms with E-state index in [1.54, 1.807) is 24.0 Å². The molecule has 2 rings (SSSR count). The molecule has 1 aromatic rings. The maximum atomic E-state index is 11.8. The molecule has 1 aliphatic rings. The number of ether oxygens (including phenoxy) is 1. The number of rotatable bonds is 5. The number of hydrogen-bond donors (Lipinski definition) is 1. The lowest BCUT2D eigenvalue weighted by molar-refractivity contribution is -0.116. The fourth-order valence-corrected chi connectivity index (χ4v) is 2.80. The SMILES string of the molecule is C=CCN1C(=C=O)NC(=O)C=C1c1ccc(OC)cc1SC. The first-order valence-electron chi connectivity index (χ1n) is 6.53. The lowest BCUT2D eigenvalue weighted by atomic mass is 10.1. The molecule has 22 heavy (non-hydrogen) atoms. The zero-order valence-corrected chi connectivity index (χ0v) is 13.2. The highest BCUT2D eigenvalue weighted by molar-refractivity contribution is 7.98. The number of hydrogen-bond acceptors (Lipinski definition) is 5. The van der Waals surface area contributed by atoms with E-state index in [1.807, 2.05) is 24.5 Å². The maximum Gasteiger partial charge on any atom is 0.252 e. The number of carbonyl (C=O) groups is 1. The third kappa shape index (κ3) is 3.08. The summed E-state index contributed by atoms with van der Waals surface area (Å²) < 4.78 is 5.23. The van der Waals surface area contributed by atoms with Crippen molar-refractivity contribution in [3.05, 3.63) is 48.3 Å². The average molecular weight is 316 g/mol. The molecular formula is C16H16N2O3S. The molecule has 0 saturated heterocycles. The Labute approximate surface area is 133 Å². The Kier molecular flexibility index (Phi) is 5.09. The van der Waals surface area contributed by atoms with Gasteiger partial charge in [0.2, 0.25) is 5.82 Å². The summed E-state index contributed by atoms with van der Waals surface area (Å²) in [4.78, 5) is 25.5. The quantitative estimate of drug-likeness (QED) is 0.512. The first-order valence-corrected chi connectivity index (χ1v) is 7.75. The fraction of sp³-hybridized carbons (Fsp3) is 0.188. The fourth-order valence-electron chi connectivity index (χ4n) is 2.18. The summed E-state index contributed by atoms with van der Waals surface area (Å²) in [6, 6.07) is 5.58. The number of carbonyl (C=O) groups excluding carboxylic acids is 2. The highest BCUT2D eigenvalue weighted by Crippen LogP contribution is 2.34. The van der Waals surface area contributed by atoms with Crippen LogP contribution in [-0.2, 0) is 9.59 Å². The van der Waals surface area contributed by atoms with Crippen molar-refractivity contribution < 1.29 is 14.3 Å². The molecule has 1 N–H and O–H groups in total. The number of nitrogens with one attached hydrogen (secondary N) is 1. The topological polar surface area (TPSA) is 58.6 Å². The Morgan fingerprint density at radius 3 is 2.86 bits per heavy atom. The van der Waals surface area contributed by atoms with E-state index in [2.05, 4.69) is 11.9 Å². The third-order valence-corrected chi connectivity index (χ3v) is 3.94. The molecule has 0 bridgehead atoms. The summed E-state index contributed by atoms with van der Waals surface area (Å²) >= 11 is 1.54. The molecule has 1 aliphatic heterocycles. The van der Waals surface area contributed by atoms with Crippen LogP contribution in [-0.4, -0.2) is 36.7 Å². The van der Waals surface area contributed by atoms with Crippen LogP contribution in [0.4, 0.5) is 0 Å². The normalized spacial score (nSPS) is 14.1. The lowest BCUT2D eigenvalue weighted by Gasteiger charge is -2.30. The minimum absolute atomic E-state index is 0.0882. The van der Waals surface area contributed by atoms with E-state index in [0.29, 0.717) is 12.2 Å². The Bertz CT molecular complexity index is 691. The van der Waals surface area contributed by atoms with E-state index in [0.717, 1.165) is 16.2 Å². The van der Waals surface area contributed by atoms with Crippen molar-refractivity contribution in [1.82, 2.24) is 10.2 Å². The van der Waals surface area contributed by atoms with Crippen LogP contribution < -0.4 is 10.1 Å². The van der Waals surface area contributed by atoms with Gasteiger partial charge in [0.25, 0.3) is 5.91 Å². The van der Waals surface area contributed by atoms with E-state index in [-0.39, 0.29) is 11.7 Å². The maximum absolute atomic E-state index is 11.8. The van der Waals surface area contributed by atoms with Crippen molar-refractivity contribution in [2.75, 3.05) is 19.9 Å². The number of thioether (sulfide) groups is 1. The van der Waals surface area contributed by atoms with Crippen molar-refractivity contribution in [3.63, 3.8) is 0 Å². The predicted octanol–water partition coefficient (Wildman–Crippen LogP) is 2.05. The molecule has 0 fully saturated rings. The van der Waals surface area contributed by atoms with Gasteiger partial charge in [-0.2, -0.15) is 0 Å². The lowest BCUT2D eigenvalue weighted by Crippen LogP contribution is -2.39.